The van der Waals surface area contributed by atoms with E-state index in [9.17, 15) is 9.59 Å². The summed E-state index contributed by atoms with van der Waals surface area (Å²) in [5.41, 5.74) is 2.87. The molecule has 0 radical (unpaired) electrons. The maximum absolute atomic E-state index is 13.3. The van der Waals surface area contributed by atoms with Crippen LogP contribution in [-0.2, 0) is 14.3 Å². The lowest BCUT2D eigenvalue weighted by Crippen LogP contribution is -2.39. The third-order valence-corrected chi connectivity index (χ3v) is 5.56. The lowest BCUT2D eigenvalue weighted by molar-refractivity contribution is -0.146. The Morgan fingerprint density at radius 1 is 1.21 bits per heavy atom. The monoisotopic (exact) mass is 397 g/mol. The molecule has 1 aromatic carbocycles. The number of ketones is 1. The van der Waals surface area contributed by atoms with Crippen molar-refractivity contribution in [3.8, 4) is 5.75 Å². The maximum atomic E-state index is 13.3. The van der Waals surface area contributed by atoms with Crippen LogP contribution in [0.3, 0.4) is 0 Å². The molecule has 156 valence electrons. The van der Waals surface area contributed by atoms with Crippen LogP contribution in [0.15, 0.2) is 40.5 Å². The standard InChI is InChI=1S/C24H31NO4/c1-6-12-29-23(27)20-15(3)25-17-13-24(4,5)14-18(26)22(17)21(20)16-10-8-9-11-19(16)28-7-2/h8-11,20-21H,6-7,12-14H2,1-5H3/t20?,21-/m0/s1. The minimum Gasteiger partial charge on any atom is -0.494 e. The van der Waals surface area contributed by atoms with Gasteiger partial charge in [-0.25, -0.2) is 0 Å². The Balaban J connectivity index is 2.17. The Labute approximate surface area is 173 Å². The molecule has 2 atom stereocenters. The average molecular weight is 398 g/mol. The van der Waals surface area contributed by atoms with Crippen LogP contribution in [0.25, 0.3) is 0 Å². The number of para-hydroxylation sites is 1. The third-order valence-electron chi connectivity index (χ3n) is 5.56. The number of nitrogens with zero attached hydrogens (tertiary/aromatic N) is 1. The minimum atomic E-state index is -0.618. The van der Waals surface area contributed by atoms with E-state index in [1.54, 1.807) is 0 Å². The van der Waals surface area contributed by atoms with Crippen LogP contribution in [0.5, 0.6) is 5.75 Å². The second-order valence-corrected chi connectivity index (χ2v) is 8.65. The number of aliphatic imine (C=N–C) groups is 1. The van der Waals surface area contributed by atoms with Crippen molar-refractivity contribution in [2.75, 3.05) is 13.2 Å². The quantitative estimate of drug-likeness (QED) is 0.643. The zero-order chi connectivity index (χ0) is 21.2. The van der Waals surface area contributed by atoms with Crippen molar-refractivity contribution >= 4 is 17.5 Å². The number of ether oxygens (including phenoxy) is 2. The summed E-state index contributed by atoms with van der Waals surface area (Å²) >= 11 is 0. The molecule has 1 unspecified atom stereocenters. The van der Waals surface area contributed by atoms with Gasteiger partial charge >= 0.3 is 5.97 Å². The summed E-state index contributed by atoms with van der Waals surface area (Å²) in [6.45, 7) is 10.8. The summed E-state index contributed by atoms with van der Waals surface area (Å²) in [6, 6.07) is 7.67. The van der Waals surface area contributed by atoms with Crippen molar-refractivity contribution in [3.63, 3.8) is 0 Å². The number of carbonyl (C=O) groups is 2. The summed E-state index contributed by atoms with van der Waals surface area (Å²) in [4.78, 5) is 31.1. The summed E-state index contributed by atoms with van der Waals surface area (Å²) in [6.07, 6.45) is 1.91. The molecule has 3 rings (SSSR count). The first-order chi connectivity index (χ1) is 13.8. The second-order valence-electron chi connectivity index (χ2n) is 8.65. The van der Waals surface area contributed by atoms with Crippen LogP contribution < -0.4 is 4.74 Å². The molecule has 0 spiro atoms. The van der Waals surface area contributed by atoms with Crippen LogP contribution in [-0.4, -0.2) is 30.7 Å². The van der Waals surface area contributed by atoms with Gasteiger partial charge in [-0.3, -0.25) is 14.6 Å². The van der Waals surface area contributed by atoms with Crippen molar-refractivity contribution in [3.05, 3.63) is 41.1 Å². The summed E-state index contributed by atoms with van der Waals surface area (Å²) in [7, 11) is 0. The van der Waals surface area contributed by atoms with E-state index >= 15 is 0 Å². The predicted molar refractivity (Wildman–Crippen MR) is 113 cm³/mol. The zero-order valence-electron chi connectivity index (χ0n) is 18.1. The highest BCUT2D eigenvalue weighted by Gasteiger charge is 2.46. The third kappa shape index (κ3) is 4.29. The number of benzene rings is 1. The van der Waals surface area contributed by atoms with Crippen LogP contribution in [0.4, 0.5) is 0 Å². The minimum absolute atomic E-state index is 0.0668. The Kier molecular flexibility index (Phi) is 6.25. The Hall–Kier alpha value is -2.43. The first-order valence-electron chi connectivity index (χ1n) is 10.5. The molecule has 2 aliphatic rings. The zero-order valence-corrected chi connectivity index (χ0v) is 18.1. The van der Waals surface area contributed by atoms with Gasteiger partial charge < -0.3 is 9.47 Å². The molecule has 5 heteroatoms. The molecule has 1 heterocycles. The van der Waals surface area contributed by atoms with Gasteiger partial charge in [0.15, 0.2) is 5.78 Å². The molecule has 0 N–H and O–H groups in total. The molecule has 0 saturated heterocycles. The van der Waals surface area contributed by atoms with E-state index in [1.165, 1.54) is 0 Å². The van der Waals surface area contributed by atoms with Gasteiger partial charge in [-0.1, -0.05) is 39.0 Å². The SMILES string of the molecule is CCCOC(=O)C1C(C)=NC2=C(C(=O)CC(C)(C)C2)[C@H]1c1ccccc1OCC. The maximum Gasteiger partial charge on any atom is 0.315 e. The molecule has 1 aliphatic heterocycles. The predicted octanol–water partition coefficient (Wildman–Crippen LogP) is 4.86. The van der Waals surface area contributed by atoms with Crippen molar-refractivity contribution in [2.45, 2.75) is 59.8 Å². The van der Waals surface area contributed by atoms with Gasteiger partial charge in [0.1, 0.15) is 11.7 Å². The number of hydrogen-bond acceptors (Lipinski definition) is 5. The normalized spacial score (nSPS) is 23.3. The Morgan fingerprint density at radius 3 is 2.62 bits per heavy atom. The molecule has 0 bridgehead atoms. The molecule has 29 heavy (non-hydrogen) atoms. The van der Waals surface area contributed by atoms with Crippen LogP contribution in [0.1, 0.15) is 65.4 Å². The van der Waals surface area contributed by atoms with Gasteiger partial charge in [0, 0.05) is 34.9 Å². The largest absolute Gasteiger partial charge is 0.494 e. The number of allylic oxidation sites excluding steroid dienone is 2. The number of carbonyl (C=O) groups excluding carboxylic acids is 2. The summed E-state index contributed by atoms with van der Waals surface area (Å²) < 4.78 is 11.4. The fraction of sp³-hybridized carbons (Fsp3) is 0.542. The van der Waals surface area contributed by atoms with E-state index in [4.69, 9.17) is 14.5 Å². The highest BCUT2D eigenvalue weighted by Crippen LogP contribution is 2.49. The van der Waals surface area contributed by atoms with Gasteiger partial charge in [-0.05, 0) is 38.2 Å². The Morgan fingerprint density at radius 2 is 1.93 bits per heavy atom. The van der Waals surface area contributed by atoms with E-state index in [1.807, 2.05) is 45.0 Å². The van der Waals surface area contributed by atoms with E-state index in [-0.39, 0.29) is 17.2 Å². The fourth-order valence-electron chi connectivity index (χ4n) is 4.40. The van der Waals surface area contributed by atoms with Crippen LogP contribution in [0, 0.1) is 11.3 Å². The molecule has 1 aromatic rings. The average Bonchev–Trinajstić information content (AvgIpc) is 2.64. The van der Waals surface area contributed by atoms with E-state index < -0.39 is 11.8 Å². The van der Waals surface area contributed by atoms with Gasteiger partial charge in [-0.2, -0.15) is 0 Å². The molecule has 0 fully saturated rings. The second kappa shape index (κ2) is 8.52. The van der Waals surface area contributed by atoms with Crippen molar-refractivity contribution in [1.29, 1.82) is 0 Å². The van der Waals surface area contributed by atoms with Crippen LogP contribution in [0.2, 0.25) is 0 Å². The van der Waals surface area contributed by atoms with Crippen LogP contribution >= 0.6 is 0 Å². The van der Waals surface area contributed by atoms with Gasteiger partial charge in [-0.15, -0.1) is 0 Å². The van der Waals surface area contributed by atoms with E-state index in [0.29, 0.717) is 36.7 Å². The first kappa shape index (κ1) is 21.3. The highest BCUT2D eigenvalue weighted by atomic mass is 16.5. The lowest BCUT2D eigenvalue weighted by Gasteiger charge is -2.39. The number of esters is 1. The lowest BCUT2D eigenvalue weighted by atomic mass is 9.66. The molecule has 1 aliphatic carbocycles. The van der Waals surface area contributed by atoms with Crippen molar-refractivity contribution in [2.24, 2.45) is 16.3 Å². The van der Waals surface area contributed by atoms with Gasteiger partial charge in [0.2, 0.25) is 0 Å². The van der Waals surface area contributed by atoms with Crippen molar-refractivity contribution < 1.29 is 19.1 Å². The van der Waals surface area contributed by atoms with Gasteiger partial charge in [0.25, 0.3) is 0 Å². The van der Waals surface area contributed by atoms with Gasteiger partial charge in [0.05, 0.1) is 13.2 Å². The number of rotatable bonds is 6. The summed E-state index contributed by atoms with van der Waals surface area (Å²) in [5.74, 6) is -0.608. The molecule has 5 nitrogen and oxygen atoms in total. The molecule has 0 aromatic heterocycles. The summed E-state index contributed by atoms with van der Waals surface area (Å²) in [5, 5.41) is 0. The molecular formula is C24H31NO4. The number of hydrogen-bond donors (Lipinski definition) is 0. The van der Waals surface area contributed by atoms with E-state index in [2.05, 4.69) is 13.8 Å². The highest BCUT2D eigenvalue weighted by molar-refractivity contribution is 6.09. The molecule has 0 saturated carbocycles. The smallest absolute Gasteiger partial charge is 0.315 e. The van der Waals surface area contributed by atoms with Crippen molar-refractivity contribution in [1.82, 2.24) is 0 Å². The first-order valence-corrected chi connectivity index (χ1v) is 10.5. The fourth-order valence-corrected chi connectivity index (χ4v) is 4.40. The molecule has 0 amide bonds. The Bertz CT molecular complexity index is 865. The topological polar surface area (TPSA) is 65.0 Å². The number of Topliss-reactive ketones (excluding diaryl/α,β-unsaturated/α-hetero) is 1. The molecular weight excluding hydrogens is 366 g/mol. The van der Waals surface area contributed by atoms with E-state index in [0.717, 1.165) is 24.1 Å².